The number of rotatable bonds is 8. The van der Waals surface area contributed by atoms with Crippen LogP contribution in [0.1, 0.15) is 42.6 Å². The lowest BCUT2D eigenvalue weighted by molar-refractivity contribution is -0.112. The molecule has 0 bridgehead atoms. The van der Waals surface area contributed by atoms with Crippen molar-refractivity contribution in [3.8, 4) is 11.5 Å². The van der Waals surface area contributed by atoms with Crippen LogP contribution in [0, 0.1) is 11.8 Å². The quantitative estimate of drug-likeness (QED) is 0.390. The number of likely N-dealkylation sites (tertiary alicyclic amines) is 1. The van der Waals surface area contributed by atoms with Gasteiger partial charge in [-0.25, -0.2) is 0 Å². The number of thioether (sulfide) groups is 1. The number of nitrogens with zero attached hydrogens (tertiary/aromatic N) is 1. The van der Waals surface area contributed by atoms with Crippen molar-refractivity contribution in [2.75, 3.05) is 45.7 Å². The Morgan fingerprint density at radius 3 is 2.58 bits per heavy atom. The highest BCUT2D eigenvalue weighted by Crippen LogP contribution is 2.40. The molecule has 8 heteroatoms. The lowest BCUT2D eigenvalue weighted by Gasteiger charge is -2.34. The van der Waals surface area contributed by atoms with Gasteiger partial charge in [0.05, 0.1) is 24.8 Å². The number of carbonyl (C=O) groups excluding carboxylic acids is 2. The summed E-state index contributed by atoms with van der Waals surface area (Å²) in [6, 6.07) is 10.9. The predicted molar refractivity (Wildman–Crippen MR) is 145 cm³/mol. The van der Waals surface area contributed by atoms with E-state index in [2.05, 4.69) is 29.4 Å². The van der Waals surface area contributed by atoms with Crippen LogP contribution in [0.25, 0.3) is 6.08 Å². The van der Waals surface area contributed by atoms with Crippen molar-refractivity contribution in [1.82, 2.24) is 10.2 Å². The molecule has 0 aliphatic carbocycles. The van der Waals surface area contributed by atoms with Crippen LogP contribution in [0.4, 0.5) is 5.69 Å². The Bertz CT molecular complexity index is 1140. The first-order valence-corrected chi connectivity index (χ1v) is 13.3. The van der Waals surface area contributed by atoms with Crippen molar-refractivity contribution in [1.29, 1.82) is 0 Å². The predicted octanol–water partition coefficient (Wildman–Crippen LogP) is 4.89. The highest BCUT2D eigenvalue weighted by atomic mass is 32.2. The standard InChI is InChI=1S/C28H35N3O4S/c1-18-12-19(2)17-31(16-18)11-5-10-29-27(32)21-7-9-25-22(15-21)30-28(33)26(36-25)14-20-6-8-23(34-3)24(13-20)35-4/h6-9,13-15,18-19H,5,10-12,16-17H2,1-4H3,(H,29,32)(H,30,33)/b26-14+/t18-,19-/m0/s1. The van der Waals surface area contributed by atoms with Gasteiger partial charge in [-0.3, -0.25) is 9.59 Å². The first-order valence-electron chi connectivity index (χ1n) is 12.4. The zero-order chi connectivity index (χ0) is 25.7. The summed E-state index contributed by atoms with van der Waals surface area (Å²) in [5.41, 5.74) is 2.03. The average Bonchev–Trinajstić information content (AvgIpc) is 2.86. The van der Waals surface area contributed by atoms with Crippen LogP contribution in [0.3, 0.4) is 0 Å². The number of nitrogens with one attached hydrogen (secondary N) is 2. The van der Waals surface area contributed by atoms with Gasteiger partial charge in [-0.1, -0.05) is 31.7 Å². The van der Waals surface area contributed by atoms with E-state index in [1.54, 1.807) is 26.4 Å². The number of hydrogen-bond donors (Lipinski definition) is 2. The zero-order valence-electron chi connectivity index (χ0n) is 21.4. The Balaban J connectivity index is 1.34. The zero-order valence-corrected chi connectivity index (χ0v) is 22.2. The van der Waals surface area contributed by atoms with Crippen LogP contribution in [0.15, 0.2) is 46.2 Å². The van der Waals surface area contributed by atoms with Gasteiger partial charge in [0.25, 0.3) is 11.8 Å². The smallest absolute Gasteiger partial charge is 0.262 e. The highest BCUT2D eigenvalue weighted by Gasteiger charge is 2.23. The number of hydrogen-bond acceptors (Lipinski definition) is 6. The Hall–Kier alpha value is -2.97. The number of fused-ring (bicyclic) bond motifs is 1. The van der Waals surface area contributed by atoms with Crippen LogP contribution in [0.2, 0.25) is 0 Å². The lowest BCUT2D eigenvalue weighted by atomic mass is 9.92. The van der Waals surface area contributed by atoms with Crippen LogP contribution >= 0.6 is 11.8 Å². The molecule has 2 aromatic rings. The maximum atomic E-state index is 12.8. The Labute approximate surface area is 217 Å². The SMILES string of the molecule is COc1ccc(/C=C2/Sc3ccc(C(=O)NCCCN4C[C@@H](C)C[C@H](C)C4)cc3NC2=O)cc1OC. The fraction of sp³-hybridized carbons (Fsp3) is 0.429. The molecule has 2 aliphatic heterocycles. The van der Waals surface area contributed by atoms with Crippen LogP contribution < -0.4 is 20.1 Å². The first-order chi connectivity index (χ1) is 17.4. The molecule has 0 unspecified atom stereocenters. The van der Waals surface area contributed by atoms with Crippen LogP contribution in [-0.2, 0) is 4.79 Å². The van der Waals surface area contributed by atoms with E-state index in [0.29, 0.717) is 34.2 Å². The normalized spacial score (nSPS) is 21.0. The minimum atomic E-state index is -0.204. The fourth-order valence-corrected chi connectivity index (χ4v) is 5.91. The van der Waals surface area contributed by atoms with E-state index < -0.39 is 0 Å². The molecule has 2 aliphatic rings. The van der Waals surface area contributed by atoms with E-state index in [1.165, 1.54) is 18.2 Å². The van der Waals surface area contributed by atoms with Gasteiger partial charge in [-0.05, 0) is 73.2 Å². The summed E-state index contributed by atoms with van der Waals surface area (Å²) in [5.74, 6) is 2.38. The van der Waals surface area contributed by atoms with Gasteiger partial charge >= 0.3 is 0 Å². The molecule has 7 nitrogen and oxygen atoms in total. The number of carbonyl (C=O) groups is 2. The third-order valence-corrected chi connectivity index (χ3v) is 7.62. The van der Waals surface area contributed by atoms with E-state index in [4.69, 9.17) is 9.47 Å². The summed E-state index contributed by atoms with van der Waals surface area (Å²) in [6.45, 7) is 8.54. The minimum Gasteiger partial charge on any atom is -0.493 e. The van der Waals surface area contributed by atoms with Gasteiger partial charge < -0.3 is 25.0 Å². The van der Waals surface area contributed by atoms with E-state index >= 15 is 0 Å². The van der Waals surface area contributed by atoms with E-state index in [-0.39, 0.29) is 11.8 Å². The van der Waals surface area contributed by atoms with Crippen molar-refractivity contribution in [3.63, 3.8) is 0 Å². The second-order valence-corrected chi connectivity index (χ2v) is 10.8. The van der Waals surface area contributed by atoms with Crippen molar-refractivity contribution >= 4 is 35.3 Å². The maximum Gasteiger partial charge on any atom is 0.262 e. The summed E-state index contributed by atoms with van der Waals surface area (Å²) < 4.78 is 10.6. The molecule has 0 spiro atoms. The number of methoxy groups -OCH3 is 2. The molecule has 192 valence electrons. The molecular weight excluding hydrogens is 474 g/mol. The molecule has 0 saturated carbocycles. The van der Waals surface area contributed by atoms with Gasteiger partial charge in [0.15, 0.2) is 11.5 Å². The molecule has 1 fully saturated rings. The molecule has 36 heavy (non-hydrogen) atoms. The third kappa shape index (κ3) is 6.42. The van der Waals surface area contributed by atoms with Crippen LogP contribution in [0.5, 0.6) is 11.5 Å². The number of piperidine rings is 1. The van der Waals surface area contributed by atoms with Crippen molar-refractivity contribution < 1.29 is 19.1 Å². The van der Waals surface area contributed by atoms with Gasteiger partial charge in [0.2, 0.25) is 0 Å². The van der Waals surface area contributed by atoms with Crippen LogP contribution in [-0.4, -0.2) is 57.1 Å². The summed E-state index contributed by atoms with van der Waals surface area (Å²) >= 11 is 1.38. The second-order valence-electron chi connectivity index (χ2n) is 9.71. The summed E-state index contributed by atoms with van der Waals surface area (Å²) in [6.07, 6.45) is 4.04. The first kappa shape index (κ1) is 26.1. The number of benzene rings is 2. The summed E-state index contributed by atoms with van der Waals surface area (Å²) in [4.78, 5) is 29.4. The minimum absolute atomic E-state index is 0.121. The number of amides is 2. The molecule has 2 atom stereocenters. The number of ether oxygens (including phenoxy) is 2. The number of anilines is 1. The Kier molecular flexibility index (Phi) is 8.59. The summed E-state index contributed by atoms with van der Waals surface area (Å²) in [5, 5.41) is 5.95. The lowest BCUT2D eigenvalue weighted by Crippen LogP contribution is -2.40. The molecule has 4 rings (SSSR count). The molecule has 2 aromatic carbocycles. The van der Waals surface area contributed by atoms with Crippen molar-refractivity contribution in [2.24, 2.45) is 11.8 Å². The Morgan fingerprint density at radius 1 is 1.11 bits per heavy atom. The molecule has 2 N–H and O–H groups in total. The van der Waals surface area contributed by atoms with E-state index in [9.17, 15) is 9.59 Å². The molecule has 1 saturated heterocycles. The third-order valence-electron chi connectivity index (χ3n) is 6.52. The average molecular weight is 510 g/mol. The second kappa shape index (κ2) is 11.8. The van der Waals surface area contributed by atoms with Crippen molar-refractivity contribution in [3.05, 3.63) is 52.4 Å². The maximum absolute atomic E-state index is 12.8. The molecule has 2 heterocycles. The van der Waals surface area contributed by atoms with E-state index in [1.807, 2.05) is 30.3 Å². The summed E-state index contributed by atoms with van der Waals surface area (Å²) in [7, 11) is 3.17. The fourth-order valence-electron chi connectivity index (χ4n) is 4.98. The Morgan fingerprint density at radius 2 is 1.86 bits per heavy atom. The highest BCUT2D eigenvalue weighted by molar-refractivity contribution is 8.04. The largest absolute Gasteiger partial charge is 0.493 e. The van der Waals surface area contributed by atoms with Gasteiger partial charge in [-0.15, -0.1) is 0 Å². The topological polar surface area (TPSA) is 79.9 Å². The van der Waals surface area contributed by atoms with Gasteiger partial charge in [0.1, 0.15) is 0 Å². The van der Waals surface area contributed by atoms with Crippen molar-refractivity contribution in [2.45, 2.75) is 31.6 Å². The monoisotopic (exact) mass is 509 g/mol. The van der Waals surface area contributed by atoms with Gasteiger partial charge in [0, 0.05) is 30.1 Å². The molecule has 0 aromatic heterocycles. The molecule has 0 radical (unpaired) electrons. The van der Waals surface area contributed by atoms with E-state index in [0.717, 1.165) is 48.3 Å². The molecule has 2 amide bonds. The van der Waals surface area contributed by atoms with Gasteiger partial charge in [-0.2, -0.15) is 0 Å². The molecular formula is C28H35N3O4S.